The Labute approximate surface area is 118 Å². The number of carbonyl (C=O) groups is 1. The van der Waals surface area contributed by atoms with Crippen LogP contribution in [0.1, 0.15) is 37.8 Å². The van der Waals surface area contributed by atoms with Crippen molar-refractivity contribution in [2.24, 2.45) is 23.5 Å². The van der Waals surface area contributed by atoms with Crippen LogP contribution in [0.3, 0.4) is 0 Å². The molecule has 20 heavy (non-hydrogen) atoms. The molecule has 0 heterocycles. The zero-order valence-corrected chi connectivity index (χ0v) is 11.7. The standard InChI is InChI=1S/C16H21FN2O/c1-9(10-4-6-13(17)7-5-10)19-16(20)14-11-2-3-12(8-11)15(14)18/h4-7,9,11-12,14-15H,2-3,8,18H2,1H3,(H,19,20)/t9-,11?,12?,14?,15?/m1/s1. The minimum atomic E-state index is -0.262. The van der Waals surface area contributed by atoms with Gasteiger partial charge in [-0.05, 0) is 55.7 Å². The summed E-state index contributed by atoms with van der Waals surface area (Å²) in [7, 11) is 0. The van der Waals surface area contributed by atoms with Gasteiger partial charge in [-0.15, -0.1) is 0 Å². The van der Waals surface area contributed by atoms with E-state index in [9.17, 15) is 9.18 Å². The maximum Gasteiger partial charge on any atom is 0.225 e. The fourth-order valence-corrected chi connectivity index (χ4v) is 3.87. The van der Waals surface area contributed by atoms with Crippen LogP contribution >= 0.6 is 0 Å². The molecular formula is C16H21FN2O. The normalized spacial score (nSPS) is 33.1. The molecule has 4 heteroatoms. The Hall–Kier alpha value is -1.42. The van der Waals surface area contributed by atoms with Gasteiger partial charge in [0.15, 0.2) is 0 Å². The van der Waals surface area contributed by atoms with Crippen molar-refractivity contribution in [3.8, 4) is 0 Å². The number of benzene rings is 1. The monoisotopic (exact) mass is 276 g/mol. The third-order valence-corrected chi connectivity index (χ3v) is 5.01. The number of nitrogens with two attached hydrogens (primary N) is 1. The first-order chi connectivity index (χ1) is 9.56. The summed E-state index contributed by atoms with van der Waals surface area (Å²) in [6, 6.07) is 6.15. The molecule has 4 unspecified atom stereocenters. The Bertz CT molecular complexity index is 500. The van der Waals surface area contributed by atoms with Crippen LogP contribution < -0.4 is 11.1 Å². The third kappa shape index (κ3) is 2.33. The van der Waals surface area contributed by atoms with E-state index in [1.807, 2.05) is 6.92 Å². The molecule has 0 aliphatic heterocycles. The van der Waals surface area contributed by atoms with Crippen LogP contribution in [0.15, 0.2) is 24.3 Å². The van der Waals surface area contributed by atoms with Crippen molar-refractivity contribution in [1.29, 1.82) is 0 Å². The van der Waals surface area contributed by atoms with Gasteiger partial charge in [-0.2, -0.15) is 0 Å². The zero-order valence-electron chi connectivity index (χ0n) is 11.7. The molecule has 0 saturated heterocycles. The number of fused-ring (bicyclic) bond motifs is 2. The molecule has 2 fully saturated rings. The van der Waals surface area contributed by atoms with Crippen LogP contribution in [-0.4, -0.2) is 11.9 Å². The molecular weight excluding hydrogens is 255 g/mol. The molecule has 1 aromatic rings. The number of carbonyl (C=O) groups excluding carboxylic acids is 1. The van der Waals surface area contributed by atoms with Gasteiger partial charge < -0.3 is 11.1 Å². The first-order valence-electron chi connectivity index (χ1n) is 7.37. The van der Waals surface area contributed by atoms with Crippen molar-refractivity contribution >= 4 is 5.91 Å². The highest BCUT2D eigenvalue weighted by Gasteiger charge is 2.49. The second kappa shape index (κ2) is 5.17. The maximum absolute atomic E-state index is 12.9. The lowest BCUT2D eigenvalue weighted by molar-refractivity contribution is -0.127. The Kier molecular flexibility index (Phi) is 3.50. The Morgan fingerprint density at radius 1 is 1.30 bits per heavy atom. The van der Waals surface area contributed by atoms with Gasteiger partial charge in [0.25, 0.3) is 0 Å². The molecule has 2 aliphatic carbocycles. The smallest absolute Gasteiger partial charge is 0.225 e. The Balaban J connectivity index is 1.65. The van der Waals surface area contributed by atoms with Crippen molar-refractivity contribution in [2.45, 2.75) is 38.3 Å². The SMILES string of the molecule is C[C@@H](NC(=O)C1C2CCC(C2)C1N)c1ccc(F)cc1. The molecule has 3 nitrogen and oxygen atoms in total. The summed E-state index contributed by atoms with van der Waals surface area (Å²) in [5, 5.41) is 3.03. The van der Waals surface area contributed by atoms with Gasteiger partial charge in [0, 0.05) is 6.04 Å². The third-order valence-electron chi connectivity index (χ3n) is 5.01. The summed E-state index contributed by atoms with van der Waals surface area (Å²) < 4.78 is 12.9. The molecule has 3 N–H and O–H groups in total. The molecule has 108 valence electrons. The summed E-state index contributed by atoms with van der Waals surface area (Å²) in [6.45, 7) is 1.92. The van der Waals surface area contributed by atoms with Gasteiger partial charge in [0.05, 0.1) is 12.0 Å². The van der Waals surface area contributed by atoms with Crippen molar-refractivity contribution in [3.05, 3.63) is 35.6 Å². The molecule has 5 atom stereocenters. The zero-order chi connectivity index (χ0) is 14.3. The number of rotatable bonds is 3. The van der Waals surface area contributed by atoms with E-state index < -0.39 is 0 Å². The predicted octanol–water partition coefficient (Wildman–Crippen LogP) is 2.38. The maximum atomic E-state index is 12.9. The van der Waals surface area contributed by atoms with Gasteiger partial charge in [-0.1, -0.05) is 12.1 Å². The highest BCUT2D eigenvalue weighted by Crippen LogP contribution is 2.47. The van der Waals surface area contributed by atoms with Gasteiger partial charge in [0.1, 0.15) is 5.82 Å². The van der Waals surface area contributed by atoms with E-state index in [2.05, 4.69) is 5.32 Å². The number of hydrogen-bond donors (Lipinski definition) is 2. The lowest BCUT2D eigenvalue weighted by atomic mass is 9.84. The molecule has 1 amide bonds. The van der Waals surface area contributed by atoms with Crippen LogP contribution in [0, 0.1) is 23.6 Å². The summed E-state index contributed by atoms with van der Waals surface area (Å²) >= 11 is 0. The minimum Gasteiger partial charge on any atom is -0.349 e. The van der Waals surface area contributed by atoms with Crippen molar-refractivity contribution in [3.63, 3.8) is 0 Å². The second-order valence-electron chi connectivity index (χ2n) is 6.22. The van der Waals surface area contributed by atoms with E-state index >= 15 is 0 Å². The highest BCUT2D eigenvalue weighted by atomic mass is 19.1. The molecule has 0 spiro atoms. The van der Waals surface area contributed by atoms with Gasteiger partial charge in [0.2, 0.25) is 5.91 Å². The Morgan fingerprint density at radius 3 is 2.55 bits per heavy atom. The summed E-state index contributed by atoms with van der Waals surface area (Å²) in [4.78, 5) is 12.4. The number of amides is 1. The van der Waals surface area contributed by atoms with E-state index in [-0.39, 0.29) is 29.7 Å². The van der Waals surface area contributed by atoms with Crippen LogP contribution in [0.5, 0.6) is 0 Å². The number of nitrogens with one attached hydrogen (secondary N) is 1. The van der Waals surface area contributed by atoms with Gasteiger partial charge >= 0.3 is 0 Å². The van der Waals surface area contributed by atoms with Crippen molar-refractivity contribution < 1.29 is 9.18 Å². The predicted molar refractivity (Wildman–Crippen MR) is 75.3 cm³/mol. The van der Waals surface area contributed by atoms with Crippen LogP contribution in [-0.2, 0) is 4.79 Å². The van der Waals surface area contributed by atoms with E-state index in [0.29, 0.717) is 11.8 Å². The second-order valence-corrected chi connectivity index (χ2v) is 6.22. The molecule has 2 saturated carbocycles. The van der Waals surface area contributed by atoms with E-state index in [1.54, 1.807) is 12.1 Å². The van der Waals surface area contributed by atoms with Crippen LogP contribution in [0.4, 0.5) is 4.39 Å². The summed E-state index contributed by atoms with van der Waals surface area (Å²) in [6.07, 6.45) is 3.40. The van der Waals surface area contributed by atoms with E-state index in [1.165, 1.54) is 18.6 Å². The van der Waals surface area contributed by atoms with Gasteiger partial charge in [-0.25, -0.2) is 4.39 Å². The summed E-state index contributed by atoms with van der Waals surface area (Å²) in [5.41, 5.74) is 7.10. The minimum absolute atomic E-state index is 0.00849. The molecule has 2 aliphatic rings. The van der Waals surface area contributed by atoms with Gasteiger partial charge in [-0.3, -0.25) is 4.79 Å². The fourth-order valence-electron chi connectivity index (χ4n) is 3.87. The molecule has 3 rings (SSSR count). The lowest BCUT2D eigenvalue weighted by Gasteiger charge is -2.28. The average molecular weight is 276 g/mol. The van der Waals surface area contributed by atoms with Crippen molar-refractivity contribution in [2.75, 3.05) is 0 Å². The van der Waals surface area contributed by atoms with E-state index in [0.717, 1.165) is 18.4 Å². The van der Waals surface area contributed by atoms with Crippen LogP contribution in [0.2, 0.25) is 0 Å². The van der Waals surface area contributed by atoms with E-state index in [4.69, 9.17) is 5.73 Å². The average Bonchev–Trinajstić information content (AvgIpc) is 2.99. The highest BCUT2D eigenvalue weighted by molar-refractivity contribution is 5.80. The first-order valence-corrected chi connectivity index (χ1v) is 7.37. The first kappa shape index (κ1) is 13.6. The van der Waals surface area contributed by atoms with Crippen molar-refractivity contribution in [1.82, 2.24) is 5.32 Å². The molecule has 0 radical (unpaired) electrons. The molecule has 0 aromatic heterocycles. The number of halogens is 1. The fraction of sp³-hybridized carbons (Fsp3) is 0.562. The lowest BCUT2D eigenvalue weighted by Crippen LogP contribution is -2.45. The topological polar surface area (TPSA) is 55.1 Å². The molecule has 1 aromatic carbocycles. The molecule has 2 bridgehead atoms. The summed E-state index contributed by atoms with van der Waals surface area (Å²) in [5.74, 6) is 0.730. The quantitative estimate of drug-likeness (QED) is 0.890. The largest absolute Gasteiger partial charge is 0.349 e. The number of hydrogen-bond acceptors (Lipinski definition) is 2. The Morgan fingerprint density at radius 2 is 1.95 bits per heavy atom. The van der Waals surface area contributed by atoms with Crippen LogP contribution in [0.25, 0.3) is 0 Å².